The molecule has 2 aromatic rings. The summed E-state index contributed by atoms with van der Waals surface area (Å²) in [6.07, 6.45) is 2.06. The number of carbonyl (C=O) groups excluding carboxylic acids is 2. The predicted octanol–water partition coefficient (Wildman–Crippen LogP) is 3.25. The number of hydrazine groups is 1. The van der Waals surface area contributed by atoms with Gasteiger partial charge in [-0.15, -0.1) is 0 Å². The lowest BCUT2D eigenvalue weighted by Crippen LogP contribution is -2.41. The Balaban J connectivity index is 1.88. The Morgan fingerprint density at radius 3 is 2.29 bits per heavy atom. The highest BCUT2D eigenvalue weighted by molar-refractivity contribution is 5.99. The number of amides is 2. The fourth-order valence-corrected chi connectivity index (χ4v) is 2.12. The molecule has 0 saturated carbocycles. The van der Waals surface area contributed by atoms with Crippen LogP contribution in [0.1, 0.15) is 46.0 Å². The zero-order valence-corrected chi connectivity index (χ0v) is 14.0. The Kier molecular flexibility index (Phi) is 6.37. The molecule has 0 fully saturated rings. The first-order valence-corrected chi connectivity index (χ1v) is 8.01. The van der Waals surface area contributed by atoms with Crippen LogP contribution < -0.4 is 15.6 Å². The maximum Gasteiger partial charge on any atom is 0.269 e. The molecule has 0 radical (unpaired) electrons. The molecule has 0 spiro atoms. The normalized spacial score (nSPS) is 10.1. The predicted molar refractivity (Wildman–Crippen MR) is 93.0 cm³/mol. The maximum atomic E-state index is 12.1. The Morgan fingerprint density at radius 2 is 1.62 bits per heavy atom. The van der Waals surface area contributed by atoms with Crippen molar-refractivity contribution in [2.24, 2.45) is 0 Å². The molecule has 0 aliphatic carbocycles. The first-order chi connectivity index (χ1) is 11.6. The number of unbranched alkanes of at least 4 members (excludes halogenated alkanes) is 1. The van der Waals surface area contributed by atoms with Crippen molar-refractivity contribution < 1.29 is 14.3 Å². The zero-order chi connectivity index (χ0) is 17.4. The number of rotatable bonds is 6. The van der Waals surface area contributed by atoms with Crippen LogP contribution in [0, 0.1) is 6.92 Å². The van der Waals surface area contributed by atoms with Crippen LogP contribution >= 0.6 is 0 Å². The lowest BCUT2D eigenvalue weighted by atomic mass is 10.1. The highest BCUT2D eigenvalue weighted by Gasteiger charge is 2.10. The van der Waals surface area contributed by atoms with E-state index in [1.807, 2.05) is 19.1 Å². The Morgan fingerprint density at radius 1 is 0.958 bits per heavy atom. The van der Waals surface area contributed by atoms with Gasteiger partial charge in [0.25, 0.3) is 11.8 Å². The molecule has 5 heteroatoms. The topological polar surface area (TPSA) is 67.4 Å². The third-order valence-corrected chi connectivity index (χ3v) is 3.56. The fourth-order valence-electron chi connectivity index (χ4n) is 2.12. The van der Waals surface area contributed by atoms with Gasteiger partial charge in [-0.3, -0.25) is 20.4 Å². The Labute approximate surface area is 142 Å². The van der Waals surface area contributed by atoms with E-state index in [0.29, 0.717) is 17.7 Å². The molecule has 0 unspecified atom stereocenters. The van der Waals surface area contributed by atoms with Gasteiger partial charge in [0.2, 0.25) is 0 Å². The molecule has 24 heavy (non-hydrogen) atoms. The van der Waals surface area contributed by atoms with Gasteiger partial charge in [0.05, 0.1) is 6.61 Å². The number of hydrogen-bond acceptors (Lipinski definition) is 3. The summed E-state index contributed by atoms with van der Waals surface area (Å²) in [5.74, 6) is 0.00181. The molecule has 0 aliphatic heterocycles. The van der Waals surface area contributed by atoms with Crippen LogP contribution in [-0.4, -0.2) is 18.4 Å². The van der Waals surface area contributed by atoms with Gasteiger partial charge in [0.1, 0.15) is 5.75 Å². The summed E-state index contributed by atoms with van der Waals surface area (Å²) in [6.45, 7) is 4.60. The van der Waals surface area contributed by atoms with Crippen LogP contribution in [0.15, 0.2) is 48.5 Å². The van der Waals surface area contributed by atoms with Crippen molar-refractivity contribution in [3.63, 3.8) is 0 Å². The van der Waals surface area contributed by atoms with E-state index in [-0.39, 0.29) is 11.8 Å². The number of carbonyl (C=O) groups is 2. The van der Waals surface area contributed by atoms with Crippen molar-refractivity contribution in [2.75, 3.05) is 6.61 Å². The Bertz CT molecular complexity index is 696. The van der Waals surface area contributed by atoms with E-state index in [1.54, 1.807) is 36.4 Å². The molecule has 2 rings (SSSR count). The number of nitrogens with one attached hydrogen (secondary N) is 2. The van der Waals surface area contributed by atoms with Gasteiger partial charge < -0.3 is 4.74 Å². The average molecular weight is 326 g/mol. The molecule has 126 valence electrons. The highest BCUT2D eigenvalue weighted by atomic mass is 16.5. The smallest absolute Gasteiger partial charge is 0.269 e. The second-order valence-corrected chi connectivity index (χ2v) is 5.45. The maximum absolute atomic E-state index is 12.1. The molecule has 0 saturated heterocycles. The molecule has 0 aliphatic rings. The van der Waals surface area contributed by atoms with Crippen molar-refractivity contribution >= 4 is 11.8 Å². The van der Waals surface area contributed by atoms with E-state index in [2.05, 4.69) is 17.8 Å². The molecule has 0 aromatic heterocycles. The van der Waals surface area contributed by atoms with Crippen LogP contribution in [0.25, 0.3) is 0 Å². The summed E-state index contributed by atoms with van der Waals surface area (Å²) >= 11 is 0. The van der Waals surface area contributed by atoms with E-state index in [1.165, 1.54) is 0 Å². The molecule has 2 aromatic carbocycles. The second-order valence-electron chi connectivity index (χ2n) is 5.45. The van der Waals surface area contributed by atoms with Gasteiger partial charge >= 0.3 is 0 Å². The van der Waals surface area contributed by atoms with E-state index in [4.69, 9.17) is 4.74 Å². The molecular formula is C19H22N2O3. The lowest BCUT2D eigenvalue weighted by Gasteiger charge is -2.10. The third kappa shape index (κ3) is 4.84. The largest absolute Gasteiger partial charge is 0.494 e. The molecule has 0 bridgehead atoms. The fraction of sp³-hybridized carbons (Fsp3) is 0.263. The van der Waals surface area contributed by atoms with Crippen molar-refractivity contribution in [1.82, 2.24) is 10.9 Å². The quantitative estimate of drug-likeness (QED) is 0.632. The molecular weight excluding hydrogens is 304 g/mol. The monoisotopic (exact) mass is 326 g/mol. The zero-order valence-electron chi connectivity index (χ0n) is 14.0. The molecule has 2 amide bonds. The number of benzene rings is 2. The summed E-state index contributed by atoms with van der Waals surface area (Å²) in [7, 11) is 0. The van der Waals surface area contributed by atoms with Crippen molar-refractivity contribution in [1.29, 1.82) is 0 Å². The van der Waals surface area contributed by atoms with Crippen molar-refractivity contribution in [3.05, 3.63) is 65.2 Å². The van der Waals surface area contributed by atoms with Crippen molar-refractivity contribution in [3.8, 4) is 5.75 Å². The van der Waals surface area contributed by atoms with Gasteiger partial charge in [-0.05, 0) is 49.2 Å². The summed E-state index contributed by atoms with van der Waals surface area (Å²) in [4.78, 5) is 24.1. The first-order valence-electron chi connectivity index (χ1n) is 8.01. The summed E-state index contributed by atoms with van der Waals surface area (Å²) < 4.78 is 5.55. The summed E-state index contributed by atoms with van der Waals surface area (Å²) in [6, 6.07) is 14.0. The van der Waals surface area contributed by atoms with Crippen LogP contribution in [0.3, 0.4) is 0 Å². The Hall–Kier alpha value is -2.82. The molecule has 0 heterocycles. The summed E-state index contributed by atoms with van der Waals surface area (Å²) in [5, 5.41) is 0. The second kappa shape index (κ2) is 8.72. The SMILES string of the molecule is CCCCOc1ccc(C(=O)NNC(=O)c2ccccc2C)cc1. The third-order valence-electron chi connectivity index (χ3n) is 3.56. The van der Waals surface area contributed by atoms with Gasteiger partial charge in [-0.25, -0.2) is 0 Å². The van der Waals surface area contributed by atoms with Crippen LogP contribution in [0.5, 0.6) is 5.75 Å². The number of ether oxygens (including phenoxy) is 1. The molecule has 2 N–H and O–H groups in total. The minimum atomic E-state index is -0.378. The van der Waals surface area contributed by atoms with E-state index in [0.717, 1.165) is 24.2 Å². The van der Waals surface area contributed by atoms with E-state index >= 15 is 0 Å². The van der Waals surface area contributed by atoms with Gasteiger partial charge in [-0.2, -0.15) is 0 Å². The van der Waals surface area contributed by atoms with Crippen molar-refractivity contribution in [2.45, 2.75) is 26.7 Å². The lowest BCUT2D eigenvalue weighted by molar-refractivity contribution is 0.0846. The van der Waals surface area contributed by atoms with Crippen LogP contribution in [0.2, 0.25) is 0 Å². The van der Waals surface area contributed by atoms with E-state index in [9.17, 15) is 9.59 Å². The van der Waals surface area contributed by atoms with Gasteiger partial charge in [0.15, 0.2) is 0 Å². The summed E-state index contributed by atoms with van der Waals surface area (Å²) in [5.41, 5.74) is 6.66. The van der Waals surface area contributed by atoms with Gasteiger partial charge in [0, 0.05) is 11.1 Å². The first kappa shape index (κ1) is 17.5. The molecule has 5 nitrogen and oxygen atoms in total. The van der Waals surface area contributed by atoms with Crippen LogP contribution in [0.4, 0.5) is 0 Å². The minimum absolute atomic E-state index is 0.346. The minimum Gasteiger partial charge on any atom is -0.494 e. The number of aryl methyl sites for hydroxylation is 1. The average Bonchev–Trinajstić information content (AvgIpc) is 2.60. The van der Waals surface area contributed by atoms with E-state index < -0.39 is 0 Å². The molecule has 0 atom stereocenters. The number of hydrogen-bond donors (Lipinski definition) is 2. The van der Waals surface area contributed by atoms with Gasteiger partial charge in [-0.1, -0.05) is 31.5 Å². The van der Waals surface area contributed by atoms with Crippen LogP contribution in [-0.2, 0) is 0 Å². The highest BCUT2D eigenvalue weighted by Crippen LogP contribution is 2.12. The standard InChI is InChI=1S/C19H22N2O3/c1-3-4-13-24-16-11-9-15(10-12-16)18(22)20-21-19(23)17-8-6-5-7-14(17)2/h5-12H,3-4,13H2,1-2H3,(H,20,22)(H,21,23).